The number of nitrogens with one attached hydrogen (secondary N) is 1. The van der Waals surface area contributed by atoms with Crippen molar-refractivity contribution in [3.05, 3.63) is 47.7 Å². The molecule has 2 aromatic heterocycles. The van der Waals surface area contributed by atoms with Crippen LogP contribution in [0.1, 0.15) is 45.4 Å². The van der Waals surface area contributed by atoms with Crippen molar-refractivity contribution in [2.75, 3.05) is 0 Å². The van der Waals surface area contributed by atoms with Gasteiger partial charge in [0.25, 0.3) is 0 Å². The zero-order chi connectivity index (χ0) is 19.7. The van der Waals surface area contributed by atoms with E-state index in [-0.39, 0.29) is 18.1 Å². The summed E-state index contributed by atoms with van der Waals surface area (Å²) in [6.07, 6.45) is 3.02. The van der Waals surface area contributed by atoms with Crippen molar-refractivity contribution in [1.82, 2.24) is 25.1 Å². The molecule has 28 heavy (non-hydrogen) atoms. The lowest BCUT2D eigenvalue weighted by molar-refractivity contribution is 0.0469. The van der Waals surface area contributed by atoms with Gasteiger partial charge >= 0.3 is 6.09 Å². The lowest BCUT2D eigenvalue weighted by Crippen LogP contribution is -2.45. The summed E-state index contributed by atoms with van der Waals surface area (Å²) >= 11 is 1.54. The third kappa shape index (κ3) is 3.91. The van der Waals surface area contributed by atoms with Crippen molar-refractivity contribution in [2.45, 2.75) is 51.2 Å². The molecule has 4 rings (SSSR count). The monoisotopic (exact) mass is 397 g/mol. The molecular weight excluding hydrogens is 374 g/mol. The summed E-state index contributed by atoms with van der Waals surface area (Å²) in [7, 11) is 0. The first-order valence-corrected chi connectivity index (χ1v) is 10.2. The van der Waals surface area contributed by atoms with E-state index in [0.717, 1.165) is 35.2 Å². The Morgan fingerprint density at radius 2 is 1.96 bits per heavy atom. The van der Waals surface area contributed by atoms with E-state index in [4.69, 9.17) is 4.74 Å². The van der Waals surface area contributed by atoms with Crippen molar-refractivity contribution in [2.24, 2.45) is 0 Å². The number of ether oxygens (including phenoxy) is 1. The topological polar surface area (TPSA) is 81.9 Å². The second-order valence-corrected chi connectivity index (χ2v) is 8.80. The summed E-state index contributed by atoms with van der Waals surface area (Å²) in [4.78, 5) is 16.4. The van der Waals surface area contributed by atoms with Crippen LogP contribution in [0.25, 0.3) is 16.5 Å². The molecule has 2 heterocycles. The number of amides is 1. The van der Waals surface area contributed by atoms with Crippen molar-refractivity contribution in [3.63, 3.8) is 0 Å². The van der Waals surface area contributed by atoms with Gasteiger partial charge in [0.2, 0.25) is 0 Å². The van der Waals surface area contributed by atoms with E-state index in [1.807, 2.05) is 56.5 Å². The zero-order valence-electron chi connectivity index (χ0n) is 16.1. The molecule has 1 N–H and O–H groups in total. The molecule has 146 valence electrons. The van der Waals surface area contributed by atoms with Crippen LogP contribution in [-0.2, 0) is 4.74 Å². The quantitative estimate of drug-likeness (QED) is 0.715. The maximum Gasteiger partial charge on any atom is 0.407 e. The first-order chi connectivity index (χ1) is 13.4. The fourth-order valence-electron chi connectivity index (χ4n) is 3.29. The Balaban J connectivity index is 1.53. The van der Waals surface area contributed by atoms with E-state index in [2.05, 4.69) is 25.1 Å². The normalized spacial score (nSPS) is 19.1. The molecule has 1 aliphatic carbocycles. The molecular formula is C20H23N5O2S. The first kappa shape index (κ1) is 18.6. The van der Waals surface area contributed by atoms with Gasteiger partial charge in [-0.05, 0) is 45.7 Å². The number of hydrogen-bond donors (Lipinski definition) is 1. The summed E-state index contributed by atoms with van der Waals surface area (Å²) in [6, 6.07) is 10.2. The second-order valence-electron chi connectivity index (χ2n) is 7.90. The fourth-order valence-corrected chi connectivity index (χ4v) is 3.90. The van der Waals surface area contributed by atoms with Crippen LogP contribution in [0.2, 0.25) is 0 Å². The highest BCUT2D eigenvalue weighted by Gasteiger charge is 2.36. The highest BCUT2D eigenvalue weighted by atomic mass is 32.1. The minimum atomic E-state index is -0.497. The molecule has 0 spiro atoms. The van der Waals surface area contributed by atoms with Crippen LogP contribution in [0.5, 0.6) is 0 Å². The zero-order valence-corrected chi connectivity index (χ0v) is 16.9. The number of carbonyl (C=O) groups excluding carboxylic acids is 1. The van der Waals surface area contributed by atoms with E-state index in [1.165, 1.54) is 0 Å². The van der Waals surface area contributed by atoms with Gasteiger partial charge in [0.1, 0.15) is 11.4 Å². The SMILES string of the molecule is CC(C)(C)OC(=O)NC1CC(c2nnc(-c3nccs3)n2-c2ccccc2)C1. The average Bonchev–Trinajstić information content (AvgIpc) is 3.26. The van der Waals surface area contributed by atoms with E-state index in [1.54, 1.807) is 17.5 Å². The van der Waals surface area contributed by atoms with Gasteiger partial charge in [-0.25, -0.2) is 9.78 Å². The summed E-state index contributed by atoms with van der Waals surface area (Å²) in [5, 5.41) is 14.6. The number of rotatable bonds is 4. The number of nitrogens with zero attached hydrogens (tertiary/aromatic N) is 4. The average molecular weight is 398 g/mol. The third-order valence-electron chi connectivity index (χ3n) is 4.55. The predicted molar refractivity (Wildman–Crippen MR) is 108 cm³/mol. The van der Waals surface area contributed by atoms with Gasteiger partial charge in [-0.2, -0.15) is 0 Å². The van der Waals surface area contributed by atoms with Crippen molar-refractivity contribution in [3.8, 4) is 16.5 Å². The highest BCUT2D eigenvalue weighted by molar-refractivity contribution is 7.13. The molecule has 0 radical (unpaired) electrons. The highest BCUT2D eigenvalue weighted by Crippen LogP contribution is 2.38. The Morgan fingerprint density at radius 1 is 1.21 bits per heavy atom. The number of para-hydroxylation sites is 1. The lowest BCUT2D eigenvalue weighted by Gasteiger charge is -2.35. The van der Waals surface area contributed by atoms with Crippen LogP contribution in [0.3, 0.4) is 0 Å². The van der Waals surface area contributed by atoms with Crippen LogP contribution in [0.4, 0.5) is 4.79 Å². The summed E-state index contributed by atoms with van der Waals surface area (Å²) < 4.78 is 7.42. The van der Waals surface area contributed by atoms with Gasteiger partial charge in [-0.3, -0.25) is 4.57 Å². The summed E-state index contributed by atoms with van der Waals surface area (Å²) in [6.45, 7) is 5.58. The van der Waals surface area contributed by atoms with Crippen LogP contribution in [0, 0.1) is 0 Å². The molecule has 0 bridgehead atoms. The van der Waals surface area contributed by atoms with Crippen LogP contribution < -0.4 is 5.32 Å². The van der Waals surface area contributed by atoms with Gasteiger partial charge in [0.15, 0.2) is 10.8 Å². The number of carbonyl (C=O) groups is 1. The second kappa shape index (κ2) is 7.35. The molecule has 1 saturated carbocycles. The van der Waals surface area contributed by atoms with Crippen molar-refractivity contribution in [1.29, 1.82) is 0 Å². The Labute approximate surface area is 167 Å². The molecule has 3 aromatic rings. The third-order valence-corrected chi connectivity index (χ3v) is 5.32. The van der Waals surface area contributed by atoms with Crippen LogP contribution in [0.15, 0.2) is 41.9 Å². The maximum absolute atomic E-state index is 12.0. The molecule has 0 aliphatic heterocycles. The molecule has 7 nitrogen and oxygen atoms in total. The Morgan fingerprint density at radius 3 is 2.61 bits per heavy atom. The standard InChI is InChI=1S/C20H23N5O2S/c1-20(2,3)27-19(26)22-14-11-13(12-14)16-23-24-17(18-21-9-10-28-18)25(16)15-7-5-4-6-8-15/h4-10,13-14H,11-12H2,1-3H3,(H,22,26). The van der Waals surface area contributed by atoms with Crippen LogP contribution in [-0.4, -0.2) is 37.5 Å². The Hall–Kier alpha value is -2.74. The van der Waals surface area contributed by atoms with E-state index >= 15 is 0 Å². The molecule has 1 amide bonds. The lowest BCUT2D eigenvalue weighted by atomic mass is 9.79. The molecule has 1 fully saturated rings. The molecule has 1 aliphatic rings. The van der Waals surface area contributed by atoms with E-state index in [9.17, 15) is 4.79 Å². The van der Waals surface area contributed by atoms with Crippen LogP contribution >= 0.6 is 11.3 Å². The minimum Gasteiger partial charge on any atom is -0.444 e. The number of alkyl carbamates (subject to hydrolysis) is 1. The molecule has 1 aromatic carbocycles. The predicted octanol–water partition coefficient (Wildman–Crippen LogP) is 4.16. The van der Waals surface area contributed by atoms with E-state index < -0.39 is 5.60 Å². The Kier molecular flexibility index (Phi) is 4.89. The number of aromatic nitrogens is 4. The number of hydrogen-bond acceptors (Lipinski definition) is 6. The minimum absolute atomic E-state index is 0.0871. The van der Waals surface area contributed by atoms with Crippen molar-refractivity contribution < 1.29 is 9.53 Å². The Bertz CT molecular complexity index is 941. The molecule has 8 heteroatoms. The molecule has 0 saturated heterocycles. The van der Waals surface area contributed by atoms with Gasteiger partial charge in [-0.15, -0.1) is 21.5 Å². The summed E-state index contributed by atoms with van der Waals surface area (Å²) in [5.74, 6) is 1.87. The van der Waals surface area contributed by atoms with Gasteiger partial charge < -0.3 is 10.1 Å². The van der Waals surface area contributed by atoms with E-state index in [0.29, 0.717) is 0 Å². The maximum atomic E-state index is 12.0. The van der Waals surface area contributed by atoms with Crippen molar-refractivity contribution >= 4 is 17.4 Å². The smallest absolute Gasteiger partial charge is 0.407 e. The largest absolute Gasteiger partial charge is 0.444 e. The summed E-state index contributed by atoms with van der Waals surface area (Å²) in [5.41, 5.74) is 0.514. The number of benzene rings is 1. The number of thiazole rings is 1. The molecule has 0 unspecified atom stereocenters. The first-order valence-electron chi connectivity index (χ1n) is 9.31. The molecule has 0 atom stereocenters. The fraction of sp³-hybridized carbons (Fsp3) is 0.400. The van der Waals surface area contributed by atoms with Gasteiger partial charge in [0.05, 0.1) is 0 Å². The van der Waals surface area contributed by atoms with Gasteiger partial charge in [-0.1, -0.05) is 18.2 Å². The van der Waals surface area contributed by atoms with Gasteiger partial charge in [0, 0.05) is 29.2 Å².